The predicted molar refractivity (Wildman–Crippen MR) is 90.7 cm³/mol. The van der Waals surface area contributed by atoms with Crippen LogP contribution in [-0.2, 0) is 20.9 Å². The van der Waals surface area contributed by atoms with Gasteiger partial charge in [-0.2, -0.15) is 4.98 Å². The normalized spacial score (nSPS) is 14.2. The summed E-state index contributed by atoms with van der Waals surface area (Å²) in [6.45, 7) is 4.96. The van der Waals surface area contributed by atoms with Crippen LogP contribution in [0.4, 0.5) is 0 Å². The average Bonchev–Trinajstić information content (AvgIpc) is 3.05. The zero-order valence-electron chi connectivity index (χ0n) is 13.8. The minimum atomic E-state index is 0.0230. The van der Waals surface area contributed by atoms with Gasteiger partial charge < -0.3 is 14.6 Å². The third kappa shape index (κ3) is 6.17. The van der Waals surface area contributed by atoms with Crippen molar-refractivity contribution in [2.75, 3.05) is 26.2 Å². The van der Waals surface area contributed by atoms with Gasteiger partial charge in [0, 0.05) is 23.7 Å². The van der Waals surface area contributed by atoms with E-state index in [1.54, 1.807) is 19.1 Å². The summed E-state index contributed by atoms with van der Waals surface area (Å²) in [5.41, 5.74) is 0.785. The molecule has 1 aliphatic rings. The molecule has 0 radical (unpaired) electrons. The van der Waals surface area contributed by atoms with E-state index < -0.39 is 0 Å². The lowest BCUT2D eigenvalue weighted by atomic mass is 10.2. The Labute approximate surface area is 150 Å². The molecule has 8 nitrogen and oxygen atoms in total. The second kappa shape index (κ2) is 9.75. The van der Waals surface area contributed by atoms with Crippen molar-refractivity contribution in [2.45, 2.75) is 13.5 Å². The van der Waals surface area contributed by atoms with E-state index in [1.165, 1.54) is 0 Å². The van der Waals surface area contributed by atoms with Gasteiger partial charge in [0.05, 0.1) is 19.7 Å². The molecule has 0 saturated carbocycles. The fraction of sp³-hybridized carbons (Fsp3) is 0.375. The van der Waals surface area contributed by atoms with Gasteiger partial charge in [-0.05, 0) is 25.1 Å². The second-order valence-electron chi connectivity index (χ2n) is 5.14. The van der Waals surface area contributed by atoms with Gasteiger partial charge >= 0.3 is 0 Å². The van der Waals surface area contributed by atoms with Crippen LogP contribution in [-0.4, -0.2) is 53.7 Å². The smallest absolute Gasteiger partial charge is 0.293 e. The van der Waals surface area contributed by atoms with Crippen LogP contribution in [0.5, 0.6) is 0 Å². The lowest BCUT2D eigenvalue weighted by Gasteiger charge is -2.24. The molecule has 0 bridgehead atoms. The average molecular weight is 367 g/mol. The number of piperazine rings is 1. The van der Waals surface area contributed by atoms with Crippen molar-refractivity contribution in [3.63, 3.8) is 0 Å². The van der Waals surface area contributed by atoms with Crippen molar-refractivity contribution < 1.29 is 18.8 Å². The number of amides is 1. The SMILES string of the molecule is CCOC=O.O=C1CN(Cc2noc(-c3cccc(Cl)c3)n2)CCN1. The number of rotatable bonds is 5. The largest absolute Gasteiger partial charge is 0.468 e. The minimum absolute atomic E-state index is 0.0230. The molecule has 0 atom stereocenters. The number of aromatic nitrogens is 2. The molecule has 1 aromatic heterocycles. The van der Waals surface area contributed by atoms with E-state index >= 15 is 0 Å². The Morgan fingerprint density at radius 2 is 2.32 bits per heavy atom. The molecule has 1 aliphatic heterocycles. The van der Waals surface area contributed by atoms with Crippen molar-refractivity contribution in [1.29, 1.82) is 0 Å². The van der Waals surface area contributed by atoms with E-state index in [2.05, 4.69) is 20.2 Å². The Hall–Kier alpha value is -2.45. The highest BCUT2D eigenvalue weighted by atomic mass is 35.5. The molecule has 2 aromatic rings. The van der Waals surface area contributed by atoms with Gasteiger partial charge in [0.25, 0.3) is 12.4 Å². The van der Waals surface area contributed by atoms with Crippen LogP contribution in [0.2, 0.25) is 5.02 Å². The fourth-order valence-corrected chi connectivity index (χ4v) is 2.34. The number of halogens is 1. The Bertz CT molecular complexity index is 707. The maximum atomic E-state index is 11.3. The van der Waals surface area contributed by atoms with Crippen LogP contribution >= 0.6 is 11.6 Å². The van der Waals surface area contributed by atoms with Crippen LogP contribution in [0, 0.1) is 0 Å². The molecule has 2 heterocycles. The first-order chi connectivity index (χ1) is 12.1. The fourth-order valence-electron chi connectivity index (χ4n) is 2.15. The zero-order valence-corrected chi connectivity index (χ0v) is 14.5. The molecule has 0 spiro atoms. The third-order valence-corrected chi connectivity index (χ3v) is 3.49. The molecular weight excluding hydrogens is 348 g/mol. The standard InChI is InChI=1S/C13H13ClN4O2.C3H6O2/c14-10-3-1-2-9(6-10)13-16-11(17-20-13)7-18-5-4-15-12(19)8-18;1-2-5-3-4/h1-3,6H,4-5,7-8H2,(H,15,19);3H,2H2,1H3. The topological polar surface area (TPSA) is 97.6 Å². The molecule has 0 aliphatic carbocycles. The first-order valence-corrected chi connectivity index (χ1v) is 8.13. The molecule has 9 heteroatoms. The Balaban J connectivity index is 0.000000399. The van der Waals surface area contributed by atoms with E-state index in [0.29, 0.717) is 49.5 Å². The number of hydrogen-bond donors (Lipinski definition) is 1. The number of benzene rings is 1. The van der Waals surface area contributed by atoms with E-state index in [4.69, 9.17) is 16.1 Å². The molecule has 25 heavy (non-hydrogen) atoms. The maximum absolute atomic E-state index is 11.3. The van der Waals surface area contributed by atoms with Crippen molar-refractivity contribution in [3.8, 4) is 11.5 Å². The highest BCUT2D eigenvalue weighted by Gasteiger charge is 2.18. The Kier molecular flexibility index (Phi) is 7.36. The molecule has 0 unspecified atom stereocenters. The monoisotopic (exact) mass is 366 g/mol. The lowest BCUT2D eigenvalue weighted by Crippen LogP contribution is -2.47. The zero-order chi connectivity index (χ0) is 18.1. The van der Waals surface area contributed by atoms with Gasteiger partial charge in [-0.3, -0.25) is 14.5 Å². The Morgan fingerprint density at radius 1 is 1.48 bits per heavy atom. The molecule has 1 aromatic carbocycles. The quantitative estimate of drug-likeness (QED) is 0.801. The van der Waals surface area contributed by atoms with Crippen molar-refractivity contribution in [1.82, 2.24) is 20.4 Å². The number of hydrogen-bond acceptors (Lipinski definition) is 7. The molecule has 1 saturated heterocycles. The number of carbonyl (C=O) groups excluding carboxylic acids is 2. The number of ether oxygens (including phenoxy) is 1. The first-order valence-electron chi connectivity index (χ1n) is 7.75. The van der Waals surface area contributed by atoms with Gasteiger partial charge in [0.1, 0.15) is 0 Å². The van der Waals surface area contributed by atoms with Gasteiger partial charge in [0.2, 0.25) is 5.91 Å². The summed E-state index contributed by atoms with van der Waals surface area (Å²) >= 11 is 5.93. The van der Waals surface area contributed by atoms with Gasteiger partial charge in [-0.1, -0.05) is 22.8 Å². The highest BCUT2D eigenvalue weighted by Crippen LogP contribution is 2.21. The van der Waals surface area contributed by atoms with Crippen molar-refractivity contribution >= 4 is 24.0 Å². The van der Waals surface area contributed by atoms with Crippen LogP contribution < -0.4 is 5.32 Å². The first kappa shape index (κ1) is 18.9. The van der Waals surface area contributed by atoms with Crippen LogP contribution in [0.1, 0.15) is 12.7 Å². The van der Waals surface area contributed by atoms with Gasteiger partial charge in [-0.25, -0.2) is 0 Å². The predicted octanol–water partition coefficient (Wildman–Crippen LogP) is 1.50. The summed E-state index contributed by atoms with van der Waals surface area (Å²) in [6.07, 6.45) is 0. The summed E-state index contributed by atoms with van der Waals surface area (Å²) in [5, 5.41) is 7.33. The third-order valence-electron chi connectivity index (χ3n) is 3.26. The number of nitrogens with one attached hydrogen (secondary N) is 1. The molecule has 1 N–H and O–H groups in total. The Morgan fingerprint density at radius 3 is 2.96 bits per heavy atom. The molecule has 1 amide bonds. The summed E-state index contributed by atoms with van der Waals surface area (Å²) in [4.78, 5) is 26.8. The highest BCUT2D eigenvalue weighted by molar-refractivity contribution is 6.30. The second-order valence-corrected chi connectivity index (χ2v) is 5.57. The summed E-state index contributed by atoms with van der Waals surface area (Å²) < 4.78 is 9.38. The number of nitrogens with zero attached hydrogens (tertiary/aromatic N) is 3. The summed E-state index contributed by atoms with van der Waals surface area (Å²) in [5.74, 6) is 1.02. The van der Waals surface area contributed by atoms with Crippen molar-refractivity contribution in [3.05, 3.63) is 35.1 Å². The molecule has 134 valence electrons. The maximum Gasteiger partial charge on any atom is 0.293 e. The van der Waals surface area contributed by atoms with Crippen molar-refractivity contribution in [2.24, 2.45) is 0 Å². The van der Waals surface area contributed by atoms with E-state index in [9.17, 15) is 9.59 Å². The van der Waals surface area contributed by atoms with E-state index in [-0.39, 0.29) is 5.91 Å². The van der Waals surface area contributed by atoms with Gasteiger partial charge in [-0.15, -0.1) is 0 Å². The molecular formula is C16H19ClN4O4. The van der Waals surface area contributed by atoms with Crippen LogP contribution in [0.15, 0.2) is 28.8 Å². The number of carbonyl (C=O) groups is 2. The van der Waals surface area contributed by atoms with Crippen LogP contribution in [0.3, 0.4) is 0 Å². The van der Waals surface area contributed by atoms with Crippen LogP contribution in [0.25, 0.3) is 11.5 Å². The summed E-state index contributed by atoms with van der Waals surface area (Å²) in [6, 6.07) is 7.25. The molecule has 3 rings (SSSR count). The minimum Gasteiger partial charge on any atom is -0.468 e. The van der Waals surface area contributed by atoms with E-state index in [0.717, 1.165) is 12.1 Å². The van der Waals surface area contributed by atoms with Gasteiger partial charge in [0.15, 0.2) is 5.82 Å². The molecule has 1 fully saturated rings. The van der Waals surface area contributed by atoms with E-state index in [1.807, 2.05) is 17.0 Å². The lowest BCUT2D eigenvalue weighted by molar-refractivity contribution is -0.128. The summed E-state index contributed by atoms with van der Waals surface area (Å²) in [7, 11) is 0.